The van der Waals surface area contributed by atoms with Crippen molar-refractivity contribution in [3.8, 4) is 34.6 Å². The topological polar surface area (TPSA) is 57.4 Å². The molecule has 0 atom stereocenters. The molecule has 0 amide bonds. The molecular weight excluding hydrogens is 774 g/mol. The van der Waals surface area contributed by atoms with Gasteiger partial charge in [0.1, 0.15) is 6.07 Å². The molecule has 0 fully saturated rings. The highest BCUT2D eigenvalue weighted by Crippen LogP contribution is 2.46. The van der Waals surface area contributed by atoms with Crippen LogP contribution in [0.1, 0.15) is 122 Å². The van der Waals surface area contributed by atoms with Crippen LogP contribution in [-0.4, -0.2) is 9.13 Å². The van der Waals surface area contributed by atoms with Gasteiger partial charge in [-0.25, -0.2) is 0 Å². The molecule has 62 heavy (non-hydrogen) atoms. The Labute approximate surface area is 362 Å². The smallest absolute Gasteiger partial charge is 0.309 e. The first kappa shape index (κ1) is 42.4. The zero-order chi connectivity index (χ0) is 45.1. The van der Waals surface area contributed by atoms with Gasteiger partial charge in [0.2, 0.25) is 0 Å². The number of fused-ring (bicyclic) bond motifs is 6. The van der Waals surface area contributed by atoms with Gasteiger partial charge in [0.05, 0.1) is 56.2 Å². The molecular formula is C55H53F3N4. The Bertz CT molecular complexity index is 3080. The van der Waals surface area contributed by atoms with Crippen LogP contribution in [0.2, 0.25) is 0 Å². The Balaban J connectivity index is 1.61. The van der Waals surface area contributed by atoms with Crippen LogP contribution in [0.3, 0.4) is 0 Å². The highest BCUT2D eigenvalue weighted by Gasteiger charge is 2.36. The largest absolute Gasteiger partial charge is 0.417 e. The summed E-state index contributed by atoms with van der Waals surface area (Å²) >= 11 is 0. The lowest BCUT2D eigenvalue weighted by atomic mass is 9.86. The van der Waals surface area contributed by atoms with E-state index in [1.54, 1.807) is 12.1 Å². The van der Waals surface area contributed by atoms with Crippen molar-refractivity contribution in [3.63, 3.8) is 0 Å². The number of alkyl halides is 3. The summed E-state index contributed by atoms with van der Waals surface area (Å²) in [4.78, 5) is 0. The van der Waals surface area contributed by atoms with E-state index in [-0.39, 0.29) is 38.4 Å². The van der Waals surface area contributed by atoms with Crippen molar-refractivity contribution < 1.29 is 13.2 Å². The summed E-state index contributed by atoms with van der Waals surface area (Å²) in [6, 6.07) is 37.3. The van der Waals surface area contributed by atoms with E-state index in [9.17, 15) is 10.5 Å². The molecule has 6 aromatic carbocycles. The lowest BCUT2D eigenvalue weighted by Gasteiger charge is -2.23. The van der Waals surface area contributed by atoms with Gasteiger partial charge in [-0.15, -0.1) is 0 Å². The lowest BCUT2D eigenvalue weighted by molar-refractivity contribution is -0.137. The predicted molar refractivity (Wildman–Crippen MR) is 250 cm³/mol. The number of nitriles is 2. The number of hydrogen-bond donors (Lipinski definition) is 0. The van der Waals surface area contributed by atoms with E-state index < -0.39 is 11.7 Å². The van der Waals surface area contributed by atoms with Gasteiger partial charge in [0, 0.05) is 27.1 Å². The van der Waals surface area contributed by atoms with Crippen LogP contribution in [0.4, 0.5) is 13.2 Å². The molecule has 8 rings (SSSR count). The second kappa shape index (κ2) is 14.1. The van der Waals surface area contributed by atoms with Gasteiger partial charge in [0.25, 0.3) is 0 Å². The van der Waals surface area contributed by atoms with Gasteiger partial charge in [-0.2, -0.15) is 23.7 Å². The Hall–Kier alpha value is -6.31. The number of benzene rings is 6. The molecule has 0 aliphatic carbocycles. The fraction of sp³-hybridized carbons (Fsp3) is 0.309. The SMILES string of the molecule is CC(C)(C)c1ccc2c3ccc(C(C)(C)C)cc3n(-c3cc(-c4ccc(C#N)cc4C(F)(F)F)c(-n4c5cc(C(C)(C)C)ccc5c5ccc(C(C)(C)C)cc54)cc3C#N)c2c1. The van der Waals surface area contributed by atoms with Crippen molar-refractivity contribution in [2.45, 2.75) is 111 Å². The molecule has 7 heteroatoms. The van der Waals surface area contributed by atoms with Crippen molar-refractivity contribution in [1.82, 2.24) is 9.13 Å². The zero-order valence-electron chi connectivity index (χ0n) is 37.7. The van der Waals surface area contributed by atoms with Crippen LogP contribution in [0.25, 0.3) is 66.1 Å². The Morgan fingerprint density at radius 3 is 1.10 bits per heavy atom. The highest BCUT2D eigenvalue weighted by molar-refractivity contribution is 6.12. The summed E-state index contributed by atoms with van der Waals surface area (Å²) in [5, 5.41) is 25.0. The summed E-state index contributed by atoms with van der Waals surface area (Å²) in [6.45, 7) is 25.7. The molecule has 8 aromatic rings. The summed E-state index contributed by atoms with van der Waals surface area (Å²) in [5.41, 5.74) is 7.14. The van der Waals surface area contributed by atoms with Crippen LogP contribution < -0.4 is 0 Å². The maximum Gasteiger partial charge on any atom is 0.417 e. The fourth-order valence-electron chi connectivity index (χ4n) is 8.76. The number of halogens is 3. The molecule has 0 saturated carbocycles. The predicted octanol–water partition coefficient (Wildman–Crippen LogP) is 15.5. The van der Waals surface area contributed by atoms with Crippen molar-refractivity contribution in [2.24, 2.45) is 0 Å². The zero-order valence-corrected chi connectivity index (χ0v) is 37.7. The molecule has 0 spiro atoms. The minimum Gasteiger partial charge on any atom is -0.309 e. The third-order valence-corrected chi connectivity index (χ3v) is 12.5. The highest BCUT2D eigenvalue weighted by atomic mass is 19.4. The molecule has 2 heterocycles. The van der Waals surface area contributed by atoms with Crippen molar-refractivity contribution in [1.29, 1.82) is 10.5 Å². The molecule has 2 aromatic heterocycles. The summed E-state index contributed by atoms with van der Waals surface area (Å²) in [7, 11) is 0. The van der Waals surface area contributed by atoms with Gasteiger partial charge in [-0.05, 0) is 98.0 Å². The molecule has 314 valence electrons. The summed E-state index contributed by atoms with van der Waals surface area (Å²) in [5.74, 6) is 0. The second-order valence-electron chi connectivity index (χ2n) is 21.0. The van der Waals surface area contributed by atoms with Crippen LogP contribution in [-0.2, 0) is 27.8 Å². The average Bonchev–Trinajstić information content (AvgIpc) is 3.69. The van der Waals surface area contributed by atoms with E-state index in [1.807, 2.05) is 6.07 Å². The maximum atomic E-state index is 15.5. The normalized spacial score (nSPS) is 13.0. The van der Waals surface area contributed by atoms with Crippen LogP contribution in [0.5, 0.6) is 0 Å². The maximum absolute atomic E-state index is 15.5. The van der Waals surface area contributed by atoms with Gasteiger partial charge in [0.15, 0.2) is 0 Å². The fourth-order valence-corrected chi connectivity index (χ4v) is 8.76. The van der Waals surface area contributed by atoms with E-state index in [0.29, 0.717) is 16.9 Å². The van der Waals surface area contributed by atoms with Gasteiger partial charge in [-0.3, -0.25) is 0 Å². The van der Waals surface area contributed by atoms with Gasteiger partial charge < -0.3 is 9.13 Å². The quantitative estimate of drug-likeness (QED) is 0.178. The minimum absolute atomic E-state index is 0.0854. The van der Waals surface area contributed by atoms with Crippen LogP contribution in [0.15, 0.2) is 103 Å². The van der Waals surface area contributed by atoms with Gasteiger partial charge >= 0.3 is 6.18 Å². The third kappa shape index (κ3) is 7.12. The minimum atomic E-state index is -4.80. The molecule has 0 unspecified atom stereocenters. The molecule has 0 N–H and O–H groups in total. The van der Waals surface area contributed by atoms with E-state index in [2.05, 4.69) is 171 Å². The summed E-state index contributed by atoms with van der Waals surface area (Å²) in [6.07, 6.45) is -4.80. The van der Waals surface area contributed by atoms with E-state index in [4.69, 9.17) is 0 Å². The number of rotatable bonds is 3. The van der Waals surface area contributed by atoms with Crippen molar-refractivity contribution in [3.05, 3.63) is 142 Å². The van der Waals surface area contributed by atoms with E-state index >= 15 is 13.2 Å². The second-order valence-corrected chi connectivity index (χ2v) is 21.0. The Kier molecular flexibility index (Phi) is 9.65. The molecule has 4 nitrogen and oxygen atoms in total. The molecule has 0 bridgehead atoms. The summed E-state index contributed by atoms with van der Waals surface area (Å²) < 4.78 is 50.5. The lowest BCUT2D eigenvalue weighted by Crippen LogP contribution is -2.13. The number of hydrogen-bond acceptors (Lipinski definition) is 2. The molecule has 0 saturated heterocycles. The van der Waals surface area contributed by atoms with Gasteiger partial charge in [-0.1, -0.05) is 138 Å². The van der Waals surface area contributed by atoms with E-state index in [0.717, 1.165) is 71.9 Å². The standard InChI is InChI=1S/C55H53F3N4/c1-51(2,3)34-14-19-39-40-20-15-35(52(4,5)6)26-48(40)61(47(39)25-34)45-29-43(38-18-13-32(30-59)23-44(38)55(56,57)58)46(24-33(45)31-60)62-49-27-36(53(7,8)9)16-21-41(49)42-22-17-37(28-50(42)62)54(10,11)12/h13-29H,1-12H3. The number of nitrogens with zero attached hydrogens (tertiary/aromatic N) is 4. The van der Waals surface area contributed by atoms with Crippen LogP contribution in [0, 0.1) is 22.7 Å². The van der Waals surface area contributed by atoms with Crippen molar-refractivity contribution in [2.75, 3.05) is 0 Å². The van der Waals surface area contributed by atoms with E-state index in [1.165, 1.54) is 12.1 Å². The number of aromatic nitrogens is 2. The first-order chi connectivity index (χ1) is 28.8. The van der Waals surface area contributed by atoms with Crippen LogP contribution >= 0.6 is 0 Å². The Morgan fingerprint density at radius 2 is 0.774 bits per heavy atom. The molecule has 0 aliphatic heterocycles. The monoisotopic (exact) mass is 826 g/mol. The Morgan fingerprint density at radius 1 is 0.403 bits per heavy atom. The molecule has 0 radical (unpaired) electrons. The first-order valence-corrected chi connectivity index (χ1v) is 21.2. The van der Waals surface area contributed by atoms with Crippen molar-refractivity contribution >= 4 is 43.6 Å². The first-order valence-electron chi connectivity index (χ1n) is 21.2. The third-order valence-electron chi connectivity index (χ3n) is 12.5. The average molecular weight is 827 g/mol. The molecule has 0 aliphatic rings.